The van der Waals surface area contributed by atoms with Gasteiger partial charge in [-0.05, 0) is 37.0 Å². The molecule has 0 aliphatic carbocycles. The highest BCUT2D eigenvalue weighted by atomic mass is 16.4. The third-order valence-electron chi connectivity index (χ3n) is 2.05. The van der Waals surface area contributed by atoms with Crippen molar-refractivity contribution in [3.63, 3.8) is 0 Å². The van der Waals surface area contributed by atoms with Crippen LogP contribution in [0, 0.1) is 0 Å². The number of carbonyl (C=O) groups is 2. The number of hydrogen-bond acceptors (Lipinski definition) is 4. The van der Waals surface area contributed by atoms with E-state index in [9.17, 15) is 4.79 Å². The van der Waals surface area contributed by atoms with Gasteiger partial charge >= 0.3 is 5.97 Å². The topological polar surface area (TPSA) is 114 Å². The molecule has 100 valence electrons. The van der Waals surface area contributed by atoms with Crippen LogP contribution in [0.25, 0.3) is 0 Å². The molecule has 6 nitrogen and oxygen atoms in total. The van der Waals surface area contributed by atoms with Crippen molar-refractivity contribution in [2.45, 2.75) is 32.2 Å². The fourth-order valence-corrected chi connectivity index (χ4v) is 1.20. The Hall–Kier alpha value is -1.95. The molecule has 0 aliphatic heterocycles. The molecule has 0 spiro atoms. The van der Waals surface area contributed by atoms with E-state index in [1.807, 2.05) is 12.1 Å². The summed E-state index contributed by atoms with van der Waals surface area (Å²) in [6, 6.07) is 3.11. The molecule has 1 heterocycles. The molecule has 0 aromatic carbocycles. The van der Waals surface area contributed by atoms with Gasteiger partial charge < -0.3 is 15.9 Å². The van der Waals surface area contributed by atoms with E-state index < -0.39 is 18.0 Å². The molecule has 4 N–H and O–H groups in total. The van der Waals surface area contributed by atoms with Crippen molar-refractivity contribution < 1.29 is 19.8 Å². The molecule has 0 unspecified atom stereocenters. The van der Waals surface area contributed by atoms with Crippen LogP contribution in [-0.2, 0) is 16.0 Å². The summed E-state index contributed by atoms with van der Waals surface area (Å²) in [5, 5.41) is 16.0. The van der Waals surface area contributed by atoms with Crippen LogP contribution in [-0.4, -0.2) is 33.2 Å². The second kappa shape index (κ2) is 9.12. The molecule has 0 radical (unpaired) electrons. The van der Waals surface area contributed by atoms with E-state index in [1.54, 1.807) is 12.4 Å². The highest BCUT2D eigenvalue weighted by Gasteiger charge is 2.09. The molecule has 0 saturated heterocycles. The van der Waals surface area contributed by atoms with E-state index in [2.05, 4.69) is 4.98 Å². The first kappa shape index (κ1) is 16.1. The molecule has 0 saturated carbocycles. The predicted octanol–water partition coefficient (Wildman–Crippen LogP) is 0.907. The van der Waals surface area contributed by atoms with Crippen LogP contribution in [0.1, 0.15) is 25.3 Å². The number of rotatable bonds is 5. The zero-order valence-corrected chi connectivity index (χ0v) is 10.2. The summed E-state index contributed by atoms with van der Waals surface area (Å²) in [6.45, 7) is 1.08. The summed E-state index contributed by atoms with van der Waals surface area (Å²) in [4.78, 5) is 23.3. The van der Waals surface area contributed by atoms with Crippen molar-refractivity contribution in [1.29, 1.82) is 0 Å². The average molecular weight is 254 g/mol. The first-order valence-corrected chi connectivity index (χ1v) is 5.50. The average Bonchev–Trinajstić information content (AvgIpc) is 2.29. The lowest BCUT2D eigenvalue weighted by atomic mass is 10.1. The van der Waals surface area contributed by atoms with Crippen molar-refractivity contribution in [2.75, 3.05) is 0 Å². The smallest absolute Gasteiger partial charge is 0.320 e. The van der Waals surface area contributed by atoms with Gasteiger partial charge in [-0.1, -0.05) is 0 Å². The Balaban J connectivity index is 0.000000631. The first-order valence-electron chi connectivity index (χ1n) is 5.50. The molecule has 0 bridgehead atoms. The number of aromatic nitrogens is 1. The van der Waals surface area contributed by atoms with Crippen molar-refractivity contribution >= 4 is 11.9 Å². The standard InChI is InChI=1S/C10H14N2O2.C2H4O2/c11-9(10(13)14)3-1-2-8-4-6-12-7-5-8;1-2(3)4/h4-7,9H,1-3,11H2,(H,13,14);1H3,(H,3,4)/t9-;/m1./s1. The largest absolute Gasteiger partial charge is 0.481 e. The number of nitrogens with two attached hydrogens (primary N) is 1. The number of aryl methyl sites for hydroxylation is 1. The normalized spacial score (nSPS) is 11.0. The lowest BCUT2D eigenvalue weighted by Gasteiger charge is -2.05. The summed E-state index contributed by atoms with van der Waals surface area (Å²) < 4.78 is 0. The molecule has 1 aromatic heterocycles. The molecule has 1 aromatic rings. The van der Waals surface area contributed by atoms with Gasteiger partial charge in [-0.15, -0.1) is 0 Å². The lowest BCUT2D eigenvalue weighted by Crippen LogP contribution is -2.29. The first-order chi connectivity index (χ1) is 8.43. The molecule has 0 aliphatic rings. The van der Waals surface area contributed by atoms with E-state index in [1.165, 1.54) is 0 Å². The number of nitrogens with zero attached hydrogens (tertiary/aromatic N) is 1. The fourth-order valence-electron chi connectivity index (χ4n) is 1.20. The Labute approximate surface area is 105 Å². The number of pyridine rings is 1. The molecule has 6 heteroatoms. The van der Waals surface area contributed by atoms with Crippen molar-refractivity contribution in [2.24, 2.45) is 5.73 Å². The van der Waals surface area contributed by atoms with Crippen LogP contribution in [0.15, 0.2) is 24.5 Å². The minimum atomic E-state index is -0.931. The van der Waals surface area contributed by atoms with Crippen LogP contribution in [0.3, 0.4) is 0 Å². The van der Waals surface area contributed by atoms with E-state index in [4.69, 9.17) is 20.7 Å². The van der Waals surface area contributed by atoms with Gasteiger partial charge in [0.2, 0.25) is 0 Å². The van der Waals surface area contributed by atoms with Crippen LogP contribution in [0.2, 0.25) is 0 Å². The van der Waals surface area contributed by atoms with Crippen LogP contribution >= 0.6 is 0 Å². The molecule has 18 heavy (non-hydrogen) atoms. The minimum Gasteiger partial charge on any atom is -0.481 e. The number of hydrogen-bond donors (Lipinski definition) is 3. The van der Waals surface area contributed by atoms with Gasteiger partial charge in [-0.25, -0.2) is 0 Å². The second-order valence-electron chi connectivity index (χ2n) is 3.71. The SMILES string of the molecule is CC(=O)O.N[C@H](CCCc1ccncc1)C(=O)O. The predicted molar refractivity (Wildman–Crippen MR) is 66.1 cm³/mol. The Bertz CT molecular complexity index is 364. The molecule has 1 atom stereocenters. The highest BCUT2D eigenvalue weighted by Crippen LogP contribution is 2.04. The van der Waals surface area contributed by atoms with Gasteiger partial charge in [0, 0.05) is 19.3 Å². The molecule has 0 fully saturated rings. The molecule has 1 rings (SSSR count). The number of carboxylic acid groups (broad SMARTS) is 2. The van der Waals surface area contributed by atoms with Gasteiger partial charge in [0.1, 0.15) is 6.04 Å². The third kappa shape index (κ3) is 9.29. The van der Waals surface area contributed by atoms with Gasteiger partial charge in [-0.3, -0.25) is 14.6 Å². The third-order valence-corrected chi connectivity index (χ3v) is 2.05. The van der Waals surface area contributed by atoms with Crippen molar-refractivity contribution in [1.82, 2.24) is 4.98 Å². The lowest BCUT2D eigenvalue weighted by molar-refractivity contribution is -0.138. The minimum absolute atomic E-state index is 0.512. The zero-order chi connectivity index (χ0) is 14.0. The maximum atomic E-state index is 10.4. The number of aliphatic carboxylic acids is 2. The van der Waals surface area contributed by atoms with Crippen molar-refractivity contribution in [3.05, 3.63) is 30.1 Å². The van der Waals surface area contributed by atoms with Crippen LogP contribution < -0.4 is 5.73 Å². The maximum Gasteiger partial charge on any atom is 0.320 e. The monoisotopic (exact) mass is 254 g/mol. The van der Waals surface area contributed by atoms with Crippen LogP contribution in [0.4, 0.5) is 0 Å². The summed E-state index contributed by atoms with van der Waals surface area (Å²) in [5.74, 6) is -1.76. The Morgan fingerprint density at radius 1 is 1.33 bits per heavy atom. The highest BCUT2D eigenvalue weighted by molar-refractivity contribution is 5.72. The van der Waals surface area contributed by atoms with Gasteiger partial charge in [0.15, 0.2) is 0 Å². The maximum absolute atomic E-state index is 10.4. The number of carboxylic acids is 2. The summed E-state index contributed by atoms with van der Waals surface area (Å²) >= 11 is 0. The van der Waals surface area contributed by atoms with Gasteiger partial charge in [-0.2, -0.15) is 0 Å². The fraction of sp³-hybridized carbons (Fsp3) is 0.417. The van der Waals surface area contributed by atoms with E-state index in [-0.39, 0.29) is 0 Å². The Morgan fingerprint density at radius 2 is 1.83 bits per heavy atom. The Morgan fingerprint density at radius 3 is 2.28 bits per heavy atom. The summed E-state index contributed by atoms with van der Waals surface area (Å²) in [6.07, 6.45) is 5.61. The quantitative estimate of drug-likeness (QED) is 0.719. The van der Waals surface area contributed by atoms with E-state index in [0.717, 1.165) is 25.3 Å². The van der Waals surface area contributed by atoms with Crippen LogP contribution in [0.5, 0.6) is 0 Å². The summed E-state index contributed by atoms with van der Waals surface area (Å²) in [5.41, 5.74) is 6.53. The molecular formula is C12H18N2O4. The summed E-state index contributed by atoms with van der Waals surface area (Å²) in [7, 11) is 0. The van der Waals surface area contributed by atoms with Crippen molar-refractivity contribution in [3.8, 4) is 0 Å². The van der Waals surface area contributed by atoms with E-state index in [0.29, 0.717) is 6.42 Å². The molecular weight excluding hydrogens is 236 g/mol. The Kier molecular flexibility index (Phi) is 8.13. The van der Waals surface area contributed by atoms with Gasteiger partial charge in [0.05, 0.1) is 0 Å². The van der Waals surface area contributed by atoms with E-state index >= 15 is 0 Å². The zero-order valence-electron chi connectivity index (χ0n) is 10.2. The molecule has 0 amide bonds. The van der Waals surface area contributed by atoms with Gasteiger partial charge in [0.25, 0.3) is 5.97 Å². The second-order valence-corrected chi connectivity index (χ2v) is 3.71.